The number of nitrogens with zero attached hydrogens (tertiary/aromatic N) is 1. The van der Waals surface area contributed by atoms with Crippen molar-refractivity contribution in [2.24, 2.45) is 11.0 Å². The molecule has 3 rings (SSSR count). The van der Waals surface area contributed by atoms with Crippen LogP contribution in [0, 0.1) is 11.7 Å². The van der Waals surface area contributed by atoms with Crippen LogP contribution in [0.15, 0.2) is 53.6 Å². The number of amides is 1. The van der Waals surface area contributed by atoms with Gasteiger partial charge in [0, 0.05) is 18.7 Å². The van der Waals surface area contributed by atoms with E-state index in [1.165, 1.54) is 24.3 Å². The van der Waals surface area contributed by atoms with Crippen LogP contribution in [0.1, 0.15) is 22.0 Å². The van der Waals surface area contributed by atoms with Gasteiger partial charge >= 0.3 is 0 Å². The Labute approximate surface area is 138 Å². The first-order chi connectivity index (χ1) is 11.6. The van der Waals surface area contributed by atoms with E-state index in [1.54, 1.807) is 30.5 Å². The monoisotopic (exact) mass is 328 g/mol. The third kappa shape index (κ3) is 3.58. The van der Waals surface area contributed by atoms with E-state index >= 15 is 0 Å². The molecule has 0 bridgehead atoms. The predicted molar refractivity (Wildman–Crippen MR) is 87.8 cm³/mol. The van der Waals surface area contributed by atoms with Gasteiger partial charge in [0.15, 0.2) is 0 Å². The van der Waals surface area contributed by atoms with Crippen molar-refractivity contribution in [3.63, 3.8) is 0 Å². The van der Waals surface area contributed by atoms with Gasteiger partial charge in [0.05, 0.1) is 11.6 Å². The zero-order valence-corrected chi connectivity index (χ0v) is 12.7. The molecule has 0 saturated carbocycles. The first-order valence-electron chi connectivity index (χ1n) is 7.50. The lowest BCUT2D eigenvalue weighted by molar-refractivity contribution is 0.0952. The molecule has 1 heterocycles. The van der Waals surface area contributed by atoms with Crippen molar-refractivity contribution in [3.8, 4) is 5.75 Å². The summed E-state index contributed by atoms with van der Waals surface area (Å²) in [6.07, 6.45) is 1.62. The quantitative estimate of drug-likeness (QED) is 0.508. The molecule has 2 unspecified atom stereocenters. The number of carbonyl (C=O) groups excluding carboxylic acids is 1. The first kappa shape index (κ1) is 16.1. The molecule has 124 valence electrons. The average Bonchev–Trinajstić information content (AvgIpc) is 3.04. The van der Waals surface area contributed by atoms with Crippen LogP contribution in [0.5, 0.6) is 5.75 Å². The van der Waals surface area contributed by atoms with Gasteiger partial charge in [-0.2, -0.15) is 5.10 Å². The molecule has 1 fully saturated rings. The molecule has 0 aromatic heterocycles. The number of aromatic hydroxyl groups is 1. The van der Waals surface area contributed by atoms with Crippen molar-refractivity contribution < 1.29 is 14.3 Å². The van der Waals surface area contributed by atoms with E-state index in [0.29, 0.717) is 6.54 Å². The topological polar surface area (TPSA) is 85.8 Å². The summed E-state index contributed by atoms with van der Waals surface area (Å²) in [6.45, 7) is 0.623. The number of halogens is 1. The highest BCUT2D eigenvalue weighted by molar-refractivity contribution is 5.96. The maximum Gasteiger partial charge on any atom is 0.275 e. The van der Waals surface area contributed by atoms with Crippen molar-refractivity contribution >= 4 is 12.1 Å². The van der Waals surface area contributed by atoms with E-state index in [-0.39, 0.29) is 29.1 Å². The Morgan fingerprint density at radius 2 is 2.00 bits per heavy atom. The Hall–Kier alpha value is -2.77. The normalized spacial score (nSPS) is 20.4. The van der Waals surface area contributed by atoms with E-state index in [2.05, 4.69) is 21.4 Å². The molecule has 2 aromatic carbocycles. The number of hydrogen-bond donors (Lipinski definition) is 4. The average molecular weight is 328 g/mol. The lowest BCUT2D eigenvalue weighted by Crippen LogP contribution is -2.25. The molecule has 0 spiro atoms. The Bertz CT molecular complexity index is 749. The van der Waals surface area contributed by atoms with Crippen molar-refractivity contribution in [2.75, 3.05) is 6.54 Å². The minimum absolute atomic E-state index is 0.0138. The molecule has 7 heteroatoms. The molecular formula is C17H17FN4O2. The lowest BCUT2D eigenvalue weighted by atomic mass is 9.96. The van der Waals surface area contributed by atoms with Crippen LogP contribution in [0.2, 0.25) is 0 Å². The van der Waals surface area contributed by atoms with Gasteiger partial charge in [-0.1, -0.05) is 24.3 Å². The number of benzene rings is 2. The summed E-state index contributed by atoms with van der Waals surface area (Å²) in [4.78, 5) is 12.0. The zero-order valence-electron chi connectivity index (χ0n) is 12.7. The van der Waals surface area contributed by atoms with E-state index in [9.17, 15) is 14.3 Å². The minimum atomic E-state index is -0.485. The van der Waals surface area contributed by atoms with Crippen LogP contribution in [-0.2, 0) is 0 Å². The van der Waals surface area contributed by atoms with Crippen molar-refractivity contribution in [3.05, 3.63) is 65.5 Å². The first-order valence-corrected chi connectivity index (χ1v) is 7.50. The minimum Gasteiger partial charge on any atom is -0.507 e. The lowest BCUT2D eigenvalue weighted by Gasteiger charge is -2.15. The van der Waals surface area contributed by atoms with Crippen LogP contribution in [0.4, 0.5) is 4.39 Å². The Kier molecular flexibility index (Phi) is 4.83. The summed E-state index contributed by atoms with van der Waals surface area (Å²) in [5.74, 6) is -0.884. The number of phenolic OH excluding ortho intramolecular Hbond substituents is 1. The Balaban J connectivity index is 1.64. The fourth-order valence-electron chi connectivity index (χ4n) is 2.57. The van der Waals surface area contributed by atoms with E-state index in [4.69, 9.17) is 0 Å². The van der Waals surface area contributed by atoms with E-state index in [1.807, 2.05) is 0 Å². The number of hydrazine groups is 1. The molecule has 1 amide bonds. The van der Waals surface area contributed by atoms with Gasteiger partial charge in [-0.25, -0.2) is 15.2 Å². The van der Waals surface area contributed by atoms with Crippen LogP contribution in [0.25, 0.3) is 0 Å². The van der Waals surface area contributed by atoms with E-state index in [0.717, 1.165) is 5.56 Å². The summed E-state index contributed by atoms with van der Waals surface area (Å²) in [5.41, 5.74) is 9.62. The SMILES string of the molecule is O=C(N/N=C/C1CNNC1c1ccc(F)cc1)c1ccccc1O. The molecule has 2 aromatic rings. The summed E-state index contributed by atoms with van der Waals surface area (Å²) in [5, 5.41) is 13.6. The van der Waals surface area contributed by atoms with Gasteiger partial charge in [-0.15, -0.1) is 0 Å². The van der Waals surface area contributed by atoms with Gasteiger partial charge in [-0.05, 0) is 29.8 Å². The fraction of sp³-hybridized carbons (Fsp3) is 0.176. The zero-order chi connectivity index (χ0) is 16.9. The standard InChI is InChI=1S/C17H17FN4O2/c18-13-7-5-11(6-8-13)16-12(9-19-21-16)10-20-22-17(24)14-3-1-2-4-15(14)23/h1-8,10,12,16,19,21,23H,9H2,(H,22,24)/b20-10+. The maximum atomic E-state index is 13.0. The maximum absolute atomic E-state index is 13.0. The van der Waals surface area contributed by atoms with Gasteiger partial charge in [0.25, 0.3) is 5.91 Å². The summed E-state index contributed by atoms with van der Waals surface area (Å²) in [7, 11) is 0. The molecule has 4 N–H and O–H groups in total. The summed E-state index contributed by atoms with van der Waals surface area (Å²) < 4.78 is 13.0. The molecule has 24 heavy (non-hydrogen) atoms. The predicted octanol–water partition coefficient (Wildman–Crippen LogP) is 1.71. The molecule has 1 saturated heterocycles. The second-order valence-corrected chi connectivity index (χ2v) is 5.45. The number of hydrogen-bond acceptors (Lipinski definition) is 5. The highest BCUT2D eigenvalue weighted by atomic mass is 19.1. The summed E-state index contributed by atoms with van der Waals surface area (Å²) in [6, 6.07) is 12.4. The smallest absolute Gasteiger partial charge is 0.275 e. The highest BCUT2D eigenvalue weighted by Crippen LogP contribution is 2.23. The highest BCUT2D eigenvalue weighted by Gasteiger charge is 2.26. The van der Waals surface area contributed by atoms with Crippen LogP contribution >= 0.6 is 0 Å². The summed E-state index contributed by atoms with van der Waals surface area (Å²) >= 11 is 0. The number of nitrogens with one attached hydrogen (secondary N) is 3. The van der Waals surface area contributed by atoms with Crippen LogP contribution in [0.3, 0.4) is 0 Å². The third-order valence-corrected chi connectivity index (χ3v) is 3.83. The fourth-order valence-corrected chi connectivity index (χ4v) is 2.57. The van der Waals surface area contributed by atoms with Crippen molar-refractivity contribution in [1.29, 1.82) is 0 Å². The molecule has 2 atom stereocenters. The van der Waals surface area contributed by atoms with Crippen molar-refractivity contribution in [1.82, 2.24) is 16.3 Å². The number of phenols is 1. The number of rotatable bonds is 4. The third-order valence-electron chi connectivity index (χ3n) is 3.83. The number of carbonyl (C=O) groups is 1. The second-order valence-electron chi connectivity index (χ2n) is 5.45. The van der Waals surface area contributed by atoms with Crippen molar-refractivity contribution in [2.45, 2.75) is 6.04 Å². The van der Waals surface area contributed by atoms with Gasteiger partial charge < -0.3 is 5.11 Å². The molecule has 1 aliphatic heterocycles. The van der Waals surface area contributed by atoms with Crippen LogP contribution in [-0.4, -0.2) is 23.8 Å². The Morgan fingerprint density at radius 1 is 1.25 bits per heavy atom. The van der Waals surface area contributed by atoms with Gasteiger partial charge in [0.1, 0.15) is 11.6 Å². The Morgan fingerprint density at radius 3 is 2.75 bits per heavy atom. The van der Waals surface area contributed by atoms with Crippen LogP contribution < -0.4 is 16.3 Å². The molecular weight excluding hydrogens is 311 g/mol. The molecule has 6 nitrogen and oxygen atoms in total. The molecule has 0 radical (unpaired) electrons. The van der Waals surface area contributed by atoms with Gasteiger partial charge in [0.2, 0.25) is 0 Å². The molecule has 0 aliphatic carbocycles. The largest absolute Gasteiger partial charge is 0.507 e. The second kappa shape index (κ2) is 7.20. The number of para-hydroxylation sites is 1. The molecule has 1 aliphatic rings. The van der Waals surface area contributed by atoms with E-state index < -0.39 is 5.91 Å². The number of hydrazone groups is 1. The van der Waals surface area contributed by atoms with Gasteiger partial charge in [-0.3, -0.25) is 10.2 Å².